The molecule has 0 radical (unpaired) electrons. The van der Waals surface area contributed by atoms with Crippen molar-refractivity contribution in [2.24, 2.45) is 5.92 Å². The molecule has 1 aliphatic heterocycles. The Hall–Kier alpha value is -2.24. The van der Waals surface area contributed by atoms with Gasteiger partial charge in [0.15, 0.2) is 0 Å². The number of likely N-dealkylation sites (tertiary alicyclic amines) is 1. The first-order valence-electron chi connectivity index (χ1n) is 8.62. The number of nitrogens with zero attached hydrogens (tertiary/aromatic N) is 3. The van der Waals surface area contributed by atoms with Gasteiger partial charge in [-0.15, -0.1) is 0 Å². The fraction of sp³-hybridized carbons (Fsp3) is 0.556. The summed E-state index contributed by atoms with van der Waals surface area (Å²) in [5, 5.41) is 3.18. The zero-order chi connectivity index (χ0) is 17.1. The number of amides is 2. The van der Waals surface area contributed by atoms with E-state index in [1.807, 2.05) is 13.1 Å². The van der Waals surface area contributed by atoms with Gasteiger partial charge in [-0.2, -0.15) is 0 Å². The second-order valence-electron chi connectivity index (χ2n) is 6.58. The molecular weight excluding hydrogens is 304 g/mol. The fourth-order valence-corrected chi connectivity index (χ4v) is 3.58. The Bertz CT molecular complexity index is 650. The predicted molar refractivity (Wildman–Crippen MR) is 90.1 cm³/mol. The van der Waals surface area contributed by atoms with Gasteiger partial charge < -0.3 is 10.2 Å². The number of piperidine rings is 1. The second-order valence-corrected chi connectivity index (χ2v) is 6.58. The van der Waals surface area contributed by atoms with Gasteiger partial charge in [-0.25, -0.2) is 9.97 Å². The van der Waals surface area contributed by atoms with Crippen molar-refractivity contribution in [3.05, 3.63) is 35.9 Å². The van der Waals surface area contributed by atoms with Crippen LogP contribution in [-0.2, 0) is 16.0 Å². The average molecular weight is 328 g/mol. The van der Waals surface area contributed by atoms with Gasteiger partial charge in [-0.3, -0.25) is 9.59 Å². The quantitative estimate of drug-likeness (QED) is 0.857. The highest BCUT2D eigenvalue weighted by Gasteiger charge is 2.29. The average Bonchev–Trinajstić information content (AvgIpc) is 2.61. The standard InChI is InChI=1S/C18H24N4O2/c1-3-17(23)22-9-7-13(8-10-22)18(24)21-16-6-4-5-15-14(16)11-19-12(2)20-15/h3,11,13,16H,1,4-10H2,2H3,(H,21,24). The van der Waals surface area contributed by atoms with Crippen LogP contribution in [0.3, 0.4) is 0 Å². The Labute approximate surface area is 142 Å². The molecule has 1 atom stereocenters. The summed E-state index contributed by atoms with van der Waals surface area (Å²) in [5.74, 6) is 0.775. The lowest BCUT2D eigenvalue weighted by Gasteiger charge is -2.32. The van der Waals surface area contributed by atoms with E-state index in [0.717, 1.165) is 36.3 Å². The number of carbonyl (C=O) groups is 2. The van der Waals surface area contributed by atoms with Gasteiger partial charge in [0.25, 0.3) is 0 Å². The van der Waals surface area contributed by atoms with Crippen molar-refractivity contribution in [1.29, 1.82) is 0 Å². The van der Waals surface area contributed by atoms with E-state index in [2.05, 4.69) is 21.9 Å². The Kier molecular flexibility index (Phi) is 4.92. The highest BCUT2D eigenvalue weighted by atomic mass is 16.2. The molecule has 2 aliphatic rings. The van der Waals surface area contributed by atoms with Crippen molar-refractivity contribution in [1.82, 2.24) is 20.2 Å². The SMILES string of the molecule is C=CC(=O)N1CCC(C(=O)NC2CCCc3nc(C)ncc32)CC1. The minimum Gasteiger partial charge on any atom is -0.349 e. The minimum absolute atomic E-state index is 0.00897. The van der Waals surface area contributed by atoms with Gasteiger partial charge in [-0.1, -0.05) is 6.58 Å². The van der Waals surface area contributed by atoms with Crippen LogP contribution in [0.1, 0.15) is 48.8 Å². The van der Waals surface area contributed by atoms with E-state index in [4.69, 9.17) is 0 Å². The van der Waals surface area contributed by atoms with Gasteiger partial charge in [0.2, 0.25) is 11.8 Å². The summed E-state index contributed by atoms with van der Waals surface area (Å²) < 4.78 is 0. The topological polar surface area (TPSA) is 75.2 Å². The van der Waals surface area contributed by atoms with Crippen molar-refractivity contribution in [3.8, 4) is 0 Å². The Morgan fingerprint density at radius 2 is 2.08 bits per heavy atom. The first kappa shape index (κ1) is 16.6. The molecule has 2 amide bonds. The Balaban J connectivity index is 1.61. The molecule has 1 fully saturated rings. The number of rotatable bonds is 3. The Morgan fingerprint density at radius 1 is 1.33 bits per heavy atom. The van der Waals surface area contributed by atoms with Crippen molar-refractivity contribution in [3.63, 3.8) is 0 Å². The van der Waals surface area contributed by atoms with Crippen LogP contribution in [0, 0.1) is 12.8 Å². The van der Waals surface area contributed by atoms with Crippen LogP contribution in [0.25, 0.3) is 0 Å². The molecule has 1 N–H and O–H groups in total. The predicted octanol–water partition coefficient (Wildman–Crippen LogP) is 1.70. The molecule has 2 heterocycles. The van der Waals surface area contributed by atoms with Crippen molar-refractivity contribution in [2.45, 2.75) is 45.1 Å². The number of hydrogen-bond donors (Lipinski definition) is 1. The van der Waals surface area contributed by atoms with Crippen molar-refractivity contribution < 1.29 is 9.59 Å². The maximum Gasteiger partial charge on any atom is 0.245 e. The van der Waals surface area contributed by atoms with Gasteiger partial charge in [0, 0.05) is 36.5 Å². The van der Waals surface area contributed by atoms with E-state index in [1.165, 1.54) is 6.08 Å². The molecule has 1 aromatic heterocycles. The summed E-state index contributed by atoms with van der Waals surface area (Å²) in [6.45, 7) is 6.64. The van der Waals surface area contributed by atoms with Crippen LogP contribution in [0.4, 0.5) is 0 Å². The normalized spacial score (nSPS) is 21.0. The lowest BCUT2D eigenvalue weighted by molar-refractivity contribution is -0.132. The zero-order valence-corrected chi connectivity index (χ0v) is 14.1. The molecule has 0 saturated carbocycles. The largest absolute Gasteiger partial charge is 0.349 e. The highest BCUT2D eigenvalue weighted by Crippen LogP contribution is 2.29. The minimum atomic E-state index is -0.0532. The molecule has 128 valence electrons. The Morgan fingerprint density at radius 3 is 2.79 bits per heavy atom. The van der Waals surface area contributed by atoms with Crippen LogP contribution >= 0.6 is 0 Å². The maximum atomic E-state index is 12.6. The summed E-state index contributed by atoms with van der Waals surface area (Å²) in [6.07, 6.45) is 7.51. The van der Waals surface area contributed by atoms with E-state index >= 15 is 0 Å². The fourth-order valence-electron chi connectivity index (χ4n) is 3.58. The third-order valence-electron chi connectivity index (χ3n) is 4.97. The van der Waals surface area contributed by atoms with Gasteiger partial charge in [-0.05, 0) is 45.1 Å². The molecule has 6 nitrogen and oxygen atoms in total. The zero-order valence-electron chi connectivity index (χ0n) is 14.1. The summed E-state index contributed by atoms with van der Waals surface area (Å²) in [7, 11) is 0. The van der Waals surface area contributed by atoms with Crippen molar-refractivity contribution in [2.75, 3.05) is 13.1 Å². The highest BCUT2D eigenvalue weighted by molar-refractivity contribution is 5.87. The van der Waals surface area contributed by atoms with E-state index in [0.29, 0.717) is 25.9 Å². The summed E-state index contributed by atoms with van der Waals surface area (Å²) in [4.78, 5) is 34.8. The molecule has 3 rings (SSSR count). The lowest BCUT2D eigenvalue weighted by Crippen LogP contribution is -2.43. The second kappa shape index (κ2) is 7.11. The molecular formula is C18H24N4O2. The van der Waals surface area contributed by atoms with E-state index in [9.17, 15) is 9.59 Å². The van der Waals surface area contributed by atoms with Gasteiger partial charge in [0.05, 0.1) is 6.04 Å². The van der Waals surface area contributed by atoms with E-state index in [-0.39, 0.29) is 23.8 Å². The number of aromatic nitrogens is 2. The number of hydrogen-bond acceptors (Lipinski definition) is 4. The van der Waals surface area contributed by atoms with Crippen LogP contribution in [0.2, 0.25) is 0 Å². The summed E-state index contributed by atoms with van der Waals surface area (Å²) >= 11 is 0. The summed E-state index contributed by atoms with van der Waals surface area (Å²) in [5.41, 5.74) is 2.12. The molecule has 24 heavy (non-hydrogen) atoms. The number of aryl methyl sites for hydroxylation is 2. The lowest BCUT2D eigenvalue weighted by atomic mass is 9.90. The van der Waals surface area contributed by atoms with Crippen LogP contribution in [0.15, 0.2) is 18.9 Å². The molecule has 6 heteroatoms. The van der Waals surface area contributed by atoms with E-state index in [1.54, 1.807) is 4.90 Å². The van der Waals surface area contributed by atoms with Crippen molar-refractivity contribution >= 4 is 11.8 Å². The number of nitrogens with one attached hydrogen (secondary N) is 1. The van der Waals surface area contributed by atoms with Crippen LogP contribution in [-0.4, -0.2) is 39.8 Å². The molecule has 0 aromatic carbocycles. The van der Waals surface area contributed by atoms with Crippen LogP contribution in [0.5, 0.6) is 0 Å². The monoisotopic (exact) mass is 328 g/mol. The molecule has 1 aliphatic carbocycles. The van der Waals surface area contributed by atoms with Gasteiger partial charge >= 0.3 is 0 Å². The third kappa shape index (κ3) is 3.47. The molecule has 1 saturated heterocycles. The van der Waals surface area contributed by atoms with E-state index < -0.39 is 0 Å². The first-order chi connectivity index (χ1) is 11.6. The molecule has 0 bridgehead atoms. The van der Waals surface area contributed by atoms with Gasteiger partial charge in [0.1, 0.15) is 5.82 Å². The molecule has 1 unspecified atom stereocenters. The first-order valence-corrected chi connectivity index (χ1v) is 8.62. The molecule has 0 spiro atoms. The molecule has 1 aromatic rings. The summed E-state index contributed by atoms with van der Waals surface area (Å²) in [6, 6.07) is 0.00897. The third-order valence-corrected chi connectivity index (χ3v) is 4.97. The van der Waals surface area contributed by atoms with Crippen LogP contribution < -0.4 is 5.32 Å². The smallest absolute Gasteiger partial charge is 0.245 e. The number of fused-ring (bicyclic) bond motifs is 1. The number of carbonyl (C=O) groups excluding carboxylic acids is 2. The maximum absolute atomic E-state index is 12.6.